The van der Waals surface area contributed by atoms with Crippen molar-refractivity contribution in [3.63, 3.8) is 0 Å². The molecule has 0 aliphatic rings. The van der Waals surface area contributed by atoms with Gasteiger partial charge in [0.05, 0.1) is 27.0 Å². The molecule has 1 aromatic heterocycles. The van der Waals surface area contributed by atoms with Crippen LogP contribution in [0, 0.1) is 27.3 Å². The highest BCUT2D eigenvalue weighted by molar-refractivity contribution is 7.99. The summed E-state index contributed by atoms with van der Waals surface area (Å²) in [6.07, 6.45) is 0. The van der Waals surface area contributed by atoms with Crippen molar-refractivity contribution in [3.8, 4) is 17.5 Å². The number of benzene rings is 2. The molecular formula is C15H8FN5O2S. The van der Waals surface area contributed by atoms with E-state index in [0.717, 1.165) is 11.8 Å². The van der Waals surface area contributed by atoms with Crippen LogP contribution >= 0.6 is 11.8 Å². The quantitative estimate of drug-likeness (QED) is 0.574. The summed E-state index contributed by atoms with van der Waals surface area (Å²) in [4.78, 5) is 14.9. The van der Waals surface area contributed by atoms with Gasteiger partial charge in [-0.05, 0) is 36.0 Å². The van der Waals surface area contributed by atoms with E-state index in [1.165, 1.54) is 24.3 Å². The highest BCUT2D eigenvalue weighted by atomic mass is 32.2. The Morgan fingerprint density at radius 2 is 2.08 bits per heavy atom. The maximum Gasteiger partial charge on any atom is 0.283 e. The number of hydrogen-bond acceptors (Lipinski definition) is 6. The molecule has 0 radical (unpaired) electrons. The molecule has 0 unspecified atom stereocenters. The summed E-state index contributed by atoms with van der Waals surface area (Å²) in [6.45, 7) is 0. The van der Waals surface area contributed by atoms with Gasteiger partial charge < -0.3 is 0 Å². The Morgan fingerprint density at radius 1 is 1.29 bits per heavy atom. The third-order valence-corrected chi connectivity index (χ3v) is 3.99. The van der Waals surface area contributed by atoms with Gasteiger partial charge in [-0.3, -0.25) is 15.2 Å². The van der Waals surface area contributed by atoms with Crippen molar-refractivity contribution in [2.75, 3.05) is 0 Å². The highest BCUT2D eigenvalue weighted by Gasteiger charge is 2.18. The minimum absolute atomic E-state index is 0.156. The van der Waals surface area contributed by atoms with E-state index in [2.05, 4.69) is 15.2 Å². The summed E-state index contributed by atoms with van der Waals surface area (Å²) >= 11 is 0.925. The molecule has 0 saturated heterocycles. The number of rotatable bonds is 4. The van der Waals surface area contributed by atoms with Crippen LogP contribution in [-0.2, 0) is 0 Å². The van der Waals surface area contributed by atoms with Crippen molar-refractivity contribution in [1.29, 1.82) is 5.26 Å². The van der Waals surface area contributed by atoms with Gasteiger partial charge in [0.15, 0.2) is 5.82 Å². The molecule has 0 amide bonds. The van der Waals surface area contributed by atoms with E-state index in [0.29, 0.717) is 0 Å². The SMILES string of the molecule is N#Cc1ccc([N+](=O)[O-])c(Sc2n[nH]c(-c3ccccc3F)n2)c1. The zero-order chi connectivity index (χ0) is 17.1. The molecule has 3 rings (SSSR count). The molecule has 3 aromatic rings. The van der Waals surface area contributed by atoms with E-state index in [1.807, 2.05) is 6.07 Å². The van der Waals surface area contributed by atoms with Gasteiger partial charge in [0, 0.05) is 6.07 Å². The average Bonchev–Trinajstić information content (AvgIpc) is 3.03. The molecule has 118 valence electrons. The highest BCUT2D eigenvalue weighted by Crippen LogP contribution is 2.34. The number of nitriles is 1. The maximum absolute atomic E-state index is 13.8. The molecule has 0 aliphatic carbocycles. The standard InChI is InChI=1S/C15H8FN5O2S/c16-11-4-2-1-3-10(11)14-18-15(20-19-14)24-13-7-9(8-17)5-6-12(13)21(22)23/h1-7H,(H,18,19,20). The number of hydrogen-bond donors (Lipinski definition) is 1. The average molecular weight is 341 g/mol. The third kappa shape index (κ3) is 3.09. The normalized spacial score (nSPS) is 10.3. The van der Waals surface area contributed by atoms with Crippen molar-refractivity contribution in [1.82, 2.24) is 15.2 Å². The first-order chi connectivity index (χ1) is 11.6. The number of nitrogens with zero attached hydrogens (tertiary/aromatic N) is 4. The molecular weight excluding hydrogens is 333 g/mol. The van der Waals surface area contributed by atoms with Crippen LogP contribution in [0.15, 0.2) is 52.5 Å². The van der Waals surface area contributed by atoms with E-state index in [-0.39, 0.29) is 32.7 Å². The molecule has 24 heavy (non-hydrogen) atoms. The number of halogens is 1. The van der Waals surface area contributed by atoms with Crippen LogP contribution in [0.5, 0.6) is 0 Å². The van der Waals surface area contributed by atoms with Gasteiger partial charge in [0.25, 0.3) is 5.69 Å². The van der Waals surface area contributed by atoms with Crippen molar-refractivity contribution in [2.24, 2.45) is 0 Å². The number of nitrogens with one attached hydrogen (secondary N) is 1. The lowest BCUT2D eigenvalue weighted by Gasteiger charge is -2.00. The molecule has 0 bridgehead atoms. The molecule has 0 saturated carbocycles. The van der Waals surface area contributed by atoms with Crippen molar-refractivity contribution in [3.05, 3.63) is 64.0 Å². The molecule has 0 aliphatic heterocycles. The van der Waals surface area contributed by atoms with Crippen LogP contribution in [0.4, 0.5) is 10.1 Å². The predicted octanol–water partition coefficient (Wildman–Crippen LogP) is 3.54. The zero-order valence-corrected chi connectivity index (χ0v) is 12.7. The molecule has 2 aromatic carbocycles. The molecule has 9 heteroatoms. The van der Waals surface area contributed by atoms with E-state index in [4.69, 9.17) is 5.26 Å². The summed E-state index contributed by atoms with van der Waals surface area (Å²) in [5, 5.41) is 26.8. The van der Waals surface area contributed by atoms with Gasteiger partial charge in [0.2, 0.25) is 5.16 Å². The first kappa shape index (κ1) is 15.6. The van der Waals surface area contributed by atoms with E-state index >= 15 is 0 Å². The van der Waals surface area contributed by atoms with Gasteiger partial charge in [-0.25, -0.2) is 9.37 Å². The molecule has 7 nitrogen and oxygen atoms in total. The number of aromatic nitrogens is 3. The van der Waals surface area contributed by atoms with Crippen LogP contribution < -0.4 is 0 Å². The topological polar surface area (TPSA) is 108 Å². The summed E-state index contributed by atoms with van der Waals surface area (Å²) in [5.41, 5.74) is 0.376. The molecule has 1 heterocycles. The molecule has 1 N–H and O–H groups in total. The zero-order valence-electron chi connectivity index (χ0n) is 11.9. The van der Waals surface area contributed by atoms with Gasteiger partial charge in [-0.15, -0.1) is 5.10 Å². The van der Waals surface area contributed by atoms with Crippen LogP contribution in [0.2, 0.25) is 0 Å². The maximum atomic E-state index is 13.8. The minimum atomic E-state index is -0.548. The van der Waals surface area contributed by atoms with Gasteiger partial charge in [-0.1, -0.05) is 12.1 Å². The second-order valence-corrected chi connectivity index (χ2v) is 5.61. The fraction of sp³-hybridized carbons (Fsp3) is 0. The Balaban J connectivity index is 1.95. The van der Waals surface area contributed by atoms with Crippen molar-refractivity contribution in [2.45, 2.75) is 10.1 Å². The number of nitro groups is 1. The first-order valence-corrected chi connectivity index (χ1v) is 7.44. The third-order valence-electron chi connectivity index (χ3n) is 3.08. The molecule has 0 atom stereocenters. The lowest BCUT2D eigenvalue weighted by molar-refractivity contribution is -0.387. The first-order valence-electron chi connectivity index (χ1n) is 6.62. The van der Waals surface area contributed by atoms with Crippen LogP contribution in [0.25, 0.3) is 11.4 Å². The fourth-order valence-corrected chi connectivity index (χ4v) is 2.84. The van der Waals surface area contributed by atoms with E-state index in [9.17, 15) is 14.5 Å². The summed E-state index contributed by atoms with van der Waals surface area (Å²) in [7, 11) is 0. The van der Waals surface area contributed by atoms with Crippen molar-refractivity contribution < 1.29 is 9.31 Å². The van der Waals surface area contributed by atoms with E-state index < -0.39 is 10.7 Å². The van der Waals surface area contributed by atoms with Crippen LogP contribution in [-0.4, -0.2) is 20.1 Å². The predicted molar refractivity (Wildman–Crippen MR) is 83.7 cm³/mol. The van der Waals surface area contributed by atoms with Gasteiger partial charge >= 0.3 is 0 Å². The number of aromatic amines is 1. The Hall–Kier alpha value is -3.25. The van der Waals surface area contributed by atoms with Crippen molar-refractivity contribution >= 4 is 17.4 Å². The summed E-state index contributed by atoms with van der Waals surface area (Å²) in [6, 6.07) is 12.0. The second kappa shape index (κ2) is 6.47. The Kier molecular flexibility index (Phi) is 4.22. The molecule has 0 spiro atoms. The van der Waals surface area contributed by atoms with Gasteiger partial charge in [0.1, 0.15) is 5.82 Å². The number of H-pyrrole nitrogens is 1. The van der Waals surface area contributed by atoms with Crippen LogP contribution in [0.1, 0.15) is 5.56 Å². The lowest BCUT2D eigenvalue weighted by atomic mass is 10.2. The summed E-state index contributed by atoms with van der Waals surface area (Å²) < 4.78 is 13.8. The van der Waals surface area contributed by atoms with E-state index in [1.54, 1.807) is 18.2 Å². The fourth-order valence-electron chi connectivity index (χ4n) is 1.98. The number of nitro benzene ring substituents is 1. The Bertz CT molecular complexity index is 966. The molecule has 0 fully saturated rings. The minimum Gasteiger partial charge on any atom is -0.258 e. The lowest BCUT2D eigenvalue weighted by Crippen LogP contribution is -1.92. The largest absolute Gasteiger partial charge is 0.283 e. The Morgan fingerprint density at radius 3 is 2.79 bits per heavy atom. The van der Waals surface area contributed by atoms with Crippen LogP contribution in [0.3, 0.4) is 0 Å². The smallest absolute Gasteiger partial charge is 0.258 e. The Labute approximate surface area is 139 Å². The summed E-state index contributed by atoms with van der Waals surface area (Å²) in [5.74, 6) is -0.239. The monoisotopic (exact) mass is 341 g/mol. The second-order valence-electron chi connectivity index (χ2n) is 4.60. The van der Waals surface area contributed by atoms with Gasteiger partial charge in [-0.2, -0.15) is 5.26 Å².